The van der Waals surface area contributed by atoms with Gasteiger partial charge in [0.25, 0.3) is 0 Å². The number of carboxylic acid groups (broad SMARTS) is 1. The van der Waals surface area contributed by atoms with E-state index in [-0.39, 0.29) is 23.8 Å². The van der Waals surface area contributed by atoms with Gasteiger partial charge in [-0.25, -0.2) is 12.8 Å². The van der Waals surface area contributed by atoms with Gasteiger partial charge < -0.3 is 5.11 Å². The van der Waals surface area contributed by atoms with Gasteiger partial charge in [0.15, 0.2) is 0 Å². The van der Waals surface area contributed by atoms with Crippen molar-refractivity contribution < 1.29 is 22.7 Å². The second-order valence-electron chi connectivity index (χ2n) is 5.23. The van der Waals surface area contributed by atoms with Crippen molar-refractivity contribution in [2.75, 3.05) is 13.1 Å². The molecular formula is C14H18FNO4S. The summed E-state index contributed by atoms with van der Waals surface area (Å²) in [6.45, 7) is 0.601. The molecule has 116 valence electrons. The largest absolute Gasteiger partial charge is 0.481 e. The Bertz CT molecular complexity index is 617. The lowest BCUT2D eigenvalue weighted by Crippen LogP contribution is -2.40. The summed E-state index contributed by atoms with van der Waals surface area (Å²) in [5, 5.41) is 8.70. The number of hydrogen-bond donors (Lipinski definition) is 1. The van der Waals surface area contributed by atoms with Gasteiger partial charge in [0.05, 0.1) is 0 Å². The zero-order chi connectivity index (χ0) is 15.5. The number of benzene rings is 1. The third kappa shape index (κ3) is 3.79. The number of rotatable bonds is 5. The van der Waals surface area contributed by atoms with Gasteiger partial charge in [-0.2, -0.15) is 4.31 Å². The molecule has 0 spiro atoms. The number of sulfonamides is 1. The van der Waals surface area contributed by atoms with Crippen LogP contribution in [0.1, 0.15) is 25.7 Å². The lowest BCUT2D eigenvalue weighted by molar-refractivity contribution is -0.137. The molecule has 21 heavy (non-hydrogen) atoms. The van der Waals surface area contributed by atoms with E-state index in [9.17, 15) is 17.6 Å². The molecule has 1 aromatic carbocycles. The third-order valence-corrected chi connectivity index (χ3v) is 5.60. The summed E-state index contributed by atoms with van der Waals surface area (Å²) in [5.41, 5.74) is 0. The van der Waals surface area contributed by atoms with Crippen molar-refractivity contribution in [2.24, 2.45) is 5.92 Å². The van der Waals surface area contributed by atoms with Crippen molar-refractivity contribution in [3.8, 4) is 0 Å². The molecule has 1 aliphatic rings. The van der Waals surface area contributed by atoms with Crippen molar-refractivity contribution in [2.45, 2.75) is 30.6 Å². The second kappa shape index (κ2) is 6.53. The molecule has 1 N–H and O–H groups in total. The molecule has 0 aliphatic carbocycles. The van der Waals surface area contributed by atoms with Crippen LogP contribution in [0.2, 0.25) is 0 Å². The van der Waals surface area contributed by atoms with E-state index in [1.54, 1.807) is 0 Å². The number of carbonyl (C=O) groups is 1. The first-order chi connectivity index (χ1) is 9.91. The van der Waals surface area contributed by atoms with Crippen LogP contribution in [-0.2, 0) is 14.8 Å². The average Bonchev–Trinajstić information content (AvgIpc) is 2.45. The minimum absolute atomic E-state index is 0.0106. The number of hydrogen-bond acceptors (Lipinski definition) is 3. The van der Waals surface area contributed by atoms with Gasteiger partial charge >= 0.3 is 5.97 Å². The number of nitrogens with zero attached hydrogens (tertiary/aromatic N) is 1. The van der Waals surface area contributed by atoms with Gasteiger partial charge in [-0.3, -0.25) is 4.79 Å². The summed E-state index contributed by atoms with van der Waals surface area (Å²) in [7, 11) is -3.85. The number of carboxylic acids is 1. The van der Waals surface area contributed by atoms with Crippen molar-refractivity contribution in [3.05, 3.63) is 30.1 Å². The van der Waals surface area contributed by atoms with E-state index in [1.807, 2.05) is 0 Å². The fourth-order valence-corrected chi connectivity index (χ4v) is 4.22. The molecule has 0 radical (unpaired) electrons. The van der Waals surface area contributed by atoms with Crippen LogP contribution in [0.15, 0.2) is 29.2 Å². The van der Waals surface area contributed by atoms with E-state index in [1.165, 1.54) is 22.5 Å². The molecule has 1 saturated heterocycles. The Morgan fingerprint density at radius 2 is 2.10 bits per heavy atom. The van der Waals surface area contributed by atoms with Crippen molar-refractivity contribution in [1.29, 1.82) is 0 Å². The van der Waals surface area contributed by atoms with Gasteiger partial charge in [-0.15, -0.1) is 0 Å². The first kappa shape index (κ1) is 15.9. The summed E-state index contributed by atoms with van der Waals surface area (Å²) in [4.78, 5) is 10.3. The SMILES string of the molecule is O=C(O)CC[C@H]1CCCN(S(=O)(=O)c2ccccc2F)C1. The Morgan fingerprint density at radius 1 is 1.38 bits per heavy atom. The molecule has 0 amide bonds. The van der Waals surface area contributed by atoms with Crippen molar-refractivity contribution in [3.63, 3.8) is 0 Å². The standard InChI is InChI=1S/C14H18FNO4S/c15-12-5-1-2-6-13(12)21(19,20)16-9-3-4-11(10-16)7-8-14(17)18/h1-2,5-6,11H,3-4,7-10H2,(H,17,18)/t11-/m1/s1. The van der Waals surface area contributed by atoms with E-state index in [4.69, 9.17) is 5.11 Å². The molecule has 2 rings (SSSR count). The van der Waals surface area contributed by atoms with E-state index in [2.05, 4.69) is 0 Å². The number of halogens is 1. The lowest BCUT2D eigenvalue weighted by atomic mass is 9.95. The Morgan fingerprint density at radius 3 is 2.76 bits per heavy atom. The van der Waals surface area contributed by atoms with Crippen molar-refractivity contribution >= 4 is 16.0 Å². The summed E-state index contributed by atoms with van der Waals surface area (Å²) in [6, 6.07) is 5.31. The molecule has 0 aromatic heterocycles. The van der Waals surface area contributed by atoms with Crippen LogP contribution in [0, 0.1) is 11.7 Å². The highest BCUT2D eigenvalue weighted by Gasteiger charge is 2.31. The van der Waals surface area contributed by atoms with E-state index >= 15 is 0 Å². The van der Waals surface area contributed by atoms with Gasteiger partial charge in [0, 0.05) is 19.5 Å². The van der Waals surface area contributed by atoms with Crippen molar-refractivity contribution in [1.82, 2.24) is 4.31 Å². The summed E-state index contributed by atoms with van der Waals surface area (Å²) >= 11 is 0. The summed E-state index contributed by atoms with van der Waals surface area (Å²) < 4.78 is 39.9. The predicted molar refractivity (Wildman–Crippen MR) is 74.8 cm³/mol. The monoisotopic (exact) mass is 315 g/mol. The van der Waals surface area contributed by atoms with Crippen LogP contribution in [0.4, 0.5) is 4.39 Å². The Kier molecular flexibility index (Phi) is 4.95. The molecule has 0 unspecified atom stereocenters. The molecular weight excluding hydrogens is 297 g/mol. The van der Waals surface area contributed by atoms with Gasteiger partial charge in [0.2, 0.25) is 10.0 Å². The second-order valence-corrected chi connectivity index (χ2v) is 7.14. The molecule has 0 bridgehead atoms. The van der Waals surface area contributed by atoms with Gasteiger partial charge in [0.1, 0.15) is 10.7 Å². The fourth-order valence-electron chi connectivity index (χ4n) is 2.60. The smallest absolute Gasteiger partial charge is 0.303 e. The quantitative estimate of drug-likeness (QED) is 0.903. The third-order valence-electron chi connectivity index (χ3n) is 3.70. The maximum Gasteiger partial charge on any atom is 0.303 e. The molecule has 0 saturated carbocycles. The topological polar surface area (TPSA) is 74.7 Å². The van der Waals surface area contributed by atoms with Crippen LogP contribution in [0.25, 0.3) is 0 Å². The molecule has 7 heteroatoms. The van der Waals surface area contributed by atoms with E-state index in [0.717, 1.165) is 12.5 Å². The average molecular weight is 315 g/mol. The maximum atomic E-state index is 13.7. The Labute approximate surface area is 123 Å². The molecule has 1 fully saturated rings. The fraction of sp³-hybridized carbons (Fsp3) is 0.500. The minimum atomic E-state index is -3.85. The lowest BCUT2D eigenvalue weighted by Gasteiger charge is -2.31. The van der Waals surface area contributed by atoms with Crippen LogP contribution in [0.5, 0.6) is 0 Å². The molecule has 1 aromatic rings. The minimum Gasteiger partial charge on any atom is -0.481 e. The van der Waals surface area contributed by atoms with E-state index in [0.29, 0.717) is 19.4 Å². The first-order valence-electron chi connectivity index (χ1n) is 6.87. The highest BCUT2D eigenvalue weighted by Crippen LogP contribution is 2.27. The Hall–Kier alpha value is -1.47. The molecule has 1 aliphatic heterocycles. The summed E-state index contributed by atoms with van der Waals surface area (Å²) in [5.74, 6) is -1.63. The molecule has 5 nitrogen and oxygen atoms in total. The van der Waals surface area contributed by atoms with Gasteiger partial charge in [-0.1, -0.05) is 12.1 Å². The van der Waals surface area contributed by atoms with Crippen LogP contribution < -0.4 is 0 Å². The normalized spacial score (nSPS) is 20.3. The summed E-state index contributed by atoms with van der Waals surface area (Å²) in [6.07, 6.45) is 1.94. The van der Waals surface area contributed by atoms with Crippen LogP contribution >= 0.6 is 0 Å². The zero-order valence-corrected chi connectivity index (χ0v) is 12.4. The van der Waals surface area contributed by atoms with Crippen LogP contribution in [0.3, 0.4) is 0 Å². The Balaban J connectivity index is 2.13. The van der Waals surface area contributed by atoms with E-state index < -0.39 is 21.8 Å². The molecule has 1 atom stereocenters. The van der Waals surface area contributed by atoms with Gasteiger partial charge in [-0.05, 0) is 37.3 Å². The highest BCUT2D eigenvalue weighted by atomic mass is 32.2. The maximum absolute atomic E-state index is 13.7. The number of piperidine rings is 1. The zero-order valence-electron chi connectivity index (χ0n) is 11.5. The number of aliphatic carboxylic acids is 1. The predicted octanol–water partition coefficient (Wildman–Crippen LogP) is 2.09. The van der Waals surface area contributed by atoms with Crippen LogP contribution in [-0.4, -0.2) is 36.9 Å². The molecule has 1 heterocycles. The highest BCUT2D eigenvalue weighted by molar-refractivity contribution is 7.89. The first-order valence-corrected chi connectivity index (χ1v) is 8.31.